The highest BCUT2D eigenvalue weighted by Gasteiger charge is 2.27. The molecule has 2 aromatic rings. The van der Waals surface area contributed by atoms with Crippen LogP contribution in [0, 0.1) is 17.6 Å². The van der Waals surface area contributed by atoms with E-state index in [1.807, 2.05) is 0 Å². The normalized spacial score (nSPS) is 11.7. The number of nitrogens with one attached hydrogen (secondary N) is 3. The maximum Gasteiger partial charge on any atom is 0.257 e. The van der Waals surface area contributed by atoms with Crippen LogP contribution in [-0.4, -0.2) is 23.8 Å². The topological polar surface area (TPSA) is 87.3 Å². The van der Waals surface area contributed by atoms with Crippen molar-refractivity contribution < 1.29 is 23.2 Å². The van der Waals surface area contributed by atoms with Crippen molar-refractivity contribution >= 4 is 23.4 Å². The van der Waals surface area contributed by atoms with E-state index in [4.69, 9.17) is 0 Å². The first-order chi connectivity index (χ1) is 13.7. The molecule has 0 bridgehead atoms. The van der Waals surface area contributed by atoms with Gasteiger partial charge in [-0.05, 0) is 35.7 Å². The van der Waals surface area contributed by atoms with Crippen LogP contribution in [0.25, 0.3) is 0 Å². The third-order valence-corrected chi connectivity index (χ3v) is 4.14. The largest absolute Gasteiger partial charge is 0.350 e. The molecule has 6 nitrogen and oxygen atoms in total. The lowest BCUT2D eigenvalue weighted by molar-refractivity contribution is -0.124. The quantitative estimate of drug-likeness (QED) is 0.664. The summed E-state index contributed by atoms with van der Waals surface area (Å²) < 4.78 is 27.6. The van der Waals surface area contributed by atoms with E-state index < -0.39 is 35.1 Å². The van der Waals surface area contributed by atoms with Crippen LogP contribution in [0.2, 0.25) is 0 Å². The SMILES string of the molecule is CC(=O)Nc1cccc(CNC(=O)C(NC(=O)c2c(F)cccc2F)C(C)C)c1. The third-order valence-electron chi connectivity index (χ3n) is 4.14. The Morgan fingerprint density at radius 2 is 1.62 bits per heavy atom. The fourth-order valence-corrected chi connectivity index (χ4v) is 2.72. The maximum absolute atomic E-state index is 13.8. The number of hydrogen-bond donors (Lipinski definition) is 3. The highest BCUT2D eigenvalue weighted by molar-refractivity contribution is 5.98. The number of benzene rings is 2. The highest BCUT2D eigenvalue weighted by atomic mass is 19.1. The van der Waals surface area contributed by atoms with Crippen LogP contribution in [0.15, 0.2) is 42.5 Å². The summed E-state index contributed by atoms with van der Waals surface area (Å²) >= 11 is 0. The Labute approximate surface area is 167 Å². The van der Waals surface area contributed by atoms with E-state index in [9.17, 15) is 23.2 Å². The zero-order chi connectivity index (χ0) is 21.6. The number of carbonyl (C=O) groups excluding carboxylic acids is 3. The molecule has 8 heteroatoms. The summed E-state index contributed by atoms with van der Waals surface area (Å²) in [6, 6.07) is 9.04. The summed E-state index contributed by atoms with van der Waals surface area (Å²) in [6.45, 7) is 4.96. The molecule has 2 aromatic carbocycles. The van der Waals surface area contributed by atoms with Gasteiger partial charge in [-0.25, -0.2) is 8.78 Å². The van der Waals surface area contributed by atoms with Crippen molar-refractivity contribution in [3.63, 3.8) is 0 Å². The van der Waals surface area contributed by atoms with Gasteiger partial charge < -0.3 is 16.0 Å². The van der Waals surface area contributed by atoms with Gasteiger partial charge in [-0.3, -0.25) is 14.4 Å². The summed E-state index contributed by atoms with van der Waals surface area (Å²) in [4.78, 5) is 36.0. The zero-order valence-corrected chi connectivity index (χ0v) is 16.4. The first-order valence-electron chi connectivity index (χ1n) is 9.08. The smallest absolute Gasteiger partial charge is 0.257 e. The van der Waals surface area contributed by atoms with Crippen LogP contribution in [0.5, 0.6) is 0 Å². The van der Waals surface area contributed by atoms with Crippen molar-refractivity contribution in [3.8, 4) is 0 Å². The highest BCUT2D eigenvalue weighted by Crippen LogP contribution is 2.14. The van der Waals surface area contributed by atoms with E-state index in [1.54, 1.807) is 38.1 Å². The van der Waals surface area contributed by atoms with Crippen LogP contribution in [0.3, 0.4) is 0 Å². The molecule has 2 rings (SSSR count). The van der Waals surface area contributed by atoms with E-state index in [1.165, 1.54) is 6.92 Å². The minimum absolute atomic E-state index is 0.152. The summed E-state index contributed by atoms with van der Waals surface area (Å²) in [6.07, 6.45) is 0. The monoisotopic (exact) mass is 403 g/mol. The Kier molecular flexibility index (Phi) is 7.41. The number of hydrogen-bond acceptors (Lipinski definition) is 3. The Morgan fingerprint density at radius 3 is 2.21 bits per heavy atom. The van der Waals surface area contributed by atoms with Gasteiger partial charge in [0.15, 0.2) is 0 Å². The van der Waals surface area contributed by atoms with Gasteiger partial charge in [0.25, 0.3) is 5.91 Å². The molecule has 0 saturated carbocycles. The van der Waals surface area contributed by atoms with Crippen molar-refractivity contribution in [1.82, 2.24) is 10.6 Å². The van der Waals surface area contributed by atoms with E-state index in [0.717, 1.165) is 23.8 Å². The van der Waals surface area contributed by atoms with Crippen molar-refractivity contribution in [3.05, 3.63) is 65.2 Å². The van der Waals surface area contributed by atoms with Gasteiger partial charge in [-0.1, -0.05) is 32.0 Å². The number of anilines is 1. The molecule has 3 amide bonds. The molecule has 3 N–H and O–H groups in total. The molecule has 1 atom stereocenters. The standard InChI is InChI=1S/C21H23F2N3O3/c1-12(2)19(26-20(28)18-16(22)8-5-9-17(18)23)21(29)24-11-14-6-4-7-15(10-14)25-13(3)27/h4-10,12,19H,11H2,1-3H3,(H,24,29)(H,25,27)(H,26,28). The lowest BCUT2D eigenvalue weighted by atomic mass is 10.0. The fraction of sp³-hybridized carbons (Fsp3) is 0.286. The second-order valence-electron chi connectivity index (χ2n) is 6.89. The van der Waals surface area contributed by atoms with E-state index in [-0.39, 0.29) is 18.4 Å². The summed E-state index contributed by atoms with van der Waals surface area (Å²) in [5.41, 5.74) is 0.598. The number of carbonyl (C=O) groups is 3. The molecule has 0 aliphatic heterocycles. The first kappa shape index (κ1) is 22.0. The number of amides is 3. The van der Waals surface area contributed by atoms with Gasteiger partial charge in [-0.2, -0.15) is 0 Å². The predicted molar refractivity (Wildman–Crippen MR) is 105 cm³/mol. The van der Waals surface area contributed by atoms with E-state index >= 15 is 0 Å². The van der Waals surface area contributed by atoms with Crippen molar-refractivity contribution in [2.75, 3.05) is 5.32 Å². The maximum atomic E-state index is 13.8. The van der Waals surface area contributed by atoms with Gasteiger partial charge in [-0.15, -0.1) is 0 Å². The molecule has 0 heterocycles. The average molecular weight is 403 g/mol. The van der Waals surface area contributed by atoms with Gasteiger partial charge >= 0.3 is 0 Å². The van der Waals surface area contributed by atoms with Crippen LogP contribution >= 0.6 is 0 Å². The Hall–Kier alpha value is -3.29. The second-order valence-corrected chi connectivity index (χ2v) is 6.89. The molecular weight excluding hydrogens is 380 g/mol. The molecule has 0 aliphatic carbocycles. The van der Waals surface area contributed by atoms with Crippen LogP contribution in [-0.2, 0) is 16.1 Å². The van der Waals surface area contributed by atoms with Gasteiger partial charge in [0.05, 0.1) is 0 Å². The minimum Gasteiger partial charge on any atom is -0.350 e. The molecule has 1 unspecified atom stereocenters. The molecule has 0 aromatic heterocycles. The zero-order valence-electron chi connectivity index (χ0n) is 16.4. The third kappa shape index (κ3) is 6.10. The summed E-state index contributed by atoms with van der Waals surface area (Å²) in [5, 5.41) is 7.74. The van der Waals surface area contributed by atoms with Crippen LogP contribution < -0.4 is 16.0 Å². The van der Waals surface area contributed by atoms with E-state index in [2.05, 4.69) is 16.0 Å². The van der Waals surface area contributed by atoms with Crippen LogP contribution in [0.4, 0.5) is 14.5 Å². The fourth-order valence-electron chi connectivity index (χ4n) is 2.72. The predicted octanol–water partition coefficient (Wildman–Crippen LogP) is 2.99. The van der Waals surface area contributed by atoms with Crippen molar-refractivity contribution in [2.24, 2.45) is 5.92 Å². The summed E-state index contributed by atoms with van der Waals surface area (Å²) in [7, 11) is 0. The summed E-state index contributed by atoms with van der Waals surface area (Å²) in [5.74, 6) is -4.02. The van der Waals surface area contributed by atoms with Crippen molar-refractivity contribution in [1.29, 1.82) is 0 Å². The average Bonchev–Trinajstić information content (AvgIpc) is 2.63. The molecule has 29 heavy (non-hydrogen) atoms. The molecular formula is C21H23F2N3O3. The van der Waals surface area contributed by atoms with Gasteiger partial charge in [0, 0.05) is 19.2 Å². The Bertz CT molecular complexity index is 896. The number of halogens is 2. The van der Waals surface area contributed by atoms with Crippen LogP contribution in [0.1, 0.15) is 36.7 Å². The molecule has 0 spiro atoms. The minimum atomic E-state index is -1.000. The van der Waals surface area contributed by atoms with Crippen molar-refractivity contribution in [2.45, 2.75) is 33.4 Å². The molecule has 0 fully saturated rings. The Morgan fingerprint density at radius 1 is 1.00 bits per heavy atom. The molecule has 154 valence electrons. The molecule has 0 saturated heterocycles. The lowest BCUT2D eigenvalue weighted by Crippen LogP contribution is -2.49. The molecule has 0 aliphatic rings. The van der Waals surface area contributed by atoms with E-state index in [0.29, 0.717) is 5.69 Å². The number of rotatable bonds is 7. The van der Waals surface area contributed by atoms with Gasteiger partial charge in [0.2, 0.25) is 11.8 Å². The first-order valence-corrected chi connectivity index (χ1v) is 9.08. The Balaban J connectivity index is 2.06. The molecule has 0 radical (unpaired) electrons. The second kappa shape index (κ2) is 9.77. The lowest BCUT2D eigenvalue weighted by Gasteiger charge is -2.22. The van der Waals surface area contributed by atoms with Gasteiger partial charge in [0.1, 0.15) is 23.2 Å².